The number of anilines is 1. The van der Waals surface area contributed by atoms with Gasteiger partial charge in [0.05, 0.1) is 17.8 Å². The van der Waals surface area contributed by atoms with E-state index in [0.29, 0.717) is 5.02 Å². The van der Waals surface area contributed by atoms with E-state index in [1.807, 2.05) is 19.9 Å². The number of hydrogen-bond acceptors (Lipinski definition) is 2. The summed E-state index contributed by atoms with van der Waals surface area (Å²) in [4.78, 5) is 16.1. The third-order valence-corrected chi connectivity index (χ3v) is 3.42. The molecule has 3 nitrogen and oxygen atoms in total. The van der Waals surface area contributed by atoms with Crippen LogP contribution in [0.3, 0.4) is 0 Å². The lowest BCUT2D eigenvalue weighted by atomic mass is 9.87. The highest BCUT2D eigenvalue weighted by Crippen LogP contribution is 2.28. The number of nitrogens with one attached hydrogen (secondary N) is 1. The maximum atomic E-state index is 13.6. The highest BCUT2D eigenvalue weighted by Gasteiger charge is 2.25. The number of halogens is 2. The Bertz CT molecular complexity index is 646. The van der Waals surface area contributed by atoms with Crippen molar-refractivity contribution in [3.8, 4) is 0 Å². The minimum Gasteiger partial charge on any atom is -0.323 e. The molecule has 1 amide bonds. The fourth-order valence-electron chi connectivity index (χ4n) is 2.23. The molecule has 1 heterocycles. The molecule has 0 fully saturated rings. The molecule has 0 aliphatic rings. The van der Waals surface area contributed by atoms with Crippen LogP contribution in [0, 0.1) is 11.7 Å². The Morgan fingerprint density at radius 2 is 2.10 bits per heavy atom. The largest absolute Gasteiger partial charge is 0.323 e. The van der Waals surface area contributed by atoms with Crippen molar-refractivity contribution in [1.82, 2.24) is 4.98 Å². The first-order chi connectivity index (χ1) is 9.99. The highest BCUT2D eigenvalue weighted by atomic mass is 35.5. The van der Waals surface area contributed by atoms with Crippen molar-refractivity contribution in [3.63, 3.8) is 0 Å². The molecule has 0 aliphatic heterocycles. The van der Waals surface area contributed by atoms with Crippen LogP contribution in [0.15, 0.2) is 42.7 Å². The summed E-state index contributed by atoms with van der Waals surface area (Å²) in [6.45, 7) is 3.88. The van der Waals surface area contributed by atoms with Gasteiger partial charge in [-0.3, -0.25) is 9.78 Å². The lowest BCUT2D eigenvalue weighted by Crippen LogP contribution is -2.25. The van der Waals surface area contributed by atoms with Crippen molar-refractivity contribution in [1.29, 1.82) is 0 Å². The highest BCUT2D eigenvalue weighted by molar-refractivity contribution is 6.30. The second-order valence-electron chi connectivity index (χ2n) is 5.12. The van der Waals surface area contributed by atoms with Gasteiger partial charge in [0, 0.05) is 11.2 Å². The number of hydrogen-bond donors (Lipinski definition) is 1. The zero-order valence-corrected chi connectivity index (χ0v) is 12.6. The Labute approximate surface area is 128 Å². The van der Waals surface area contributed by atoms with Crippen LogP contribution in [0.2, 0.25) is 5.02 Å². The van der Waals surface area contributed by atoms with E-state index in [0.717, 1.165) is 11.8 Å². The van der Waals surface area contributed by atoms with Crippen LogP contribution >= 0.6 is 11.6 Å². The van der Waals surface area contributed by atoms with Crippen molar-refractivity contribution < 1.29 is 9.18 Å². The van der Waals surface area contributed by atoms with E-state index < -0.39 is 11.7 Å². The van der Waals surface area contributed by atoms with Crippen LogP contribution in [0.25, 0.3) is 0 Å². The first kappa shape index (κ1) is 15.4. The van der Waals surface area contributed by atoms with Gasteiger partial charge in [-0.15, -0.1) is 0 Å². The van der Waals surface area contributed by atoms with Gasteiger partial charge in [0.25, 0.3) is 0 Å². The number of carbonyl (C=O) groups excluding carboxylic acids is 1. The summed E-state index contributed by atoms with van der Waals surface area (Å²) in [7, 11) is 0. The van der Waals surface area contributed by atoms with Gasteiger partial charge in [-0.2, -0.15) is 0 Å². The van der Waals surface area contributed by atoms with Crippen LogP contribution < -0.4 is 5.32 Å². The molecule has 0 bridgehead atoms. The fourth-order valence-corrected chi connectivity index (χ4v) is 2.42. The number of carbonyl (C=O) groups is 1. The van der Waals surface area contributed by atoms with Gasteiger partial charge in [0.15, 0.2) is 5.82 Å². The molecule has 2 rings (SSSR count). The summed E-state index contributed by atoms with van der Waals surface area (Å²) in [6, 6.07) is 8.59. The number of nitrogens with zero attached hydrogens (tertiary/aromatic N) is 1. The summed E-state index contributed by atoms with van der Waals surface area (Å²) in [5.74, 6) is -1.18. The maximum absolute atomic E-state index is 13.6. The van der Waals surface area contributed by atoms with Crippen LogP contribution in [-0.2, 0) is 4.79 Å². The molecule has 2 aromatic rings. The van der Waals surface area contributed by atoms with Gasteiger partial charge in [-0.1, -0.05) is 37.6 Å². The smallest absolute Gasteiger partial charge is 0.232 e. The molecule has 1 unspecified atom stereocenters. The zero-order valence-electron chi connectivity index (χ0n) is 11.8. The van der Waals surface area contributed by atoms with Crippen molar-refractivity contribution >= 4 is 23.2 Å². The van der Waals surface area contributed by atoms with Crippen LogP contribution in [-0.4, -0.2) is 10.9 Å². The first-order valence-electron chi connectivity index (χ1n) is 6.65. The average Bonchev–Trinajstić information content (AvgIpc) is 2.41. The van der Waals surface area contributed by atoms with Crippen LogP contribution in [0.4, 0.5) is 10.1 Å². The van der Waals surface area contributed by atoms with E-state index in [1.165, 1.54) is 12.3 Å². The van der Waals surface area contributed by atoms with E-state index in [1.54, 1.807) is 18.2 Å². The molecule has 0 aliphatic carbocycles. The van der Waals surface area contributed by atoms with E-state index in [2.05, 4.69) is 10.3 Å². The van der Waals surface area contributed by atoms with E-state index in [4.69, 9.17) is 11.6 Å². The molecule has 1 atom stereocenters. The number of amides is 1. The number of rotatable bonds is 4. The molecular formula is C16H16ClFN2O. The zero-order chi connectivity index (χ0) is 15.4. The topological polar surface area (TPSA) is 42.0 Å². The van der Waals surface area contributed by atoms with E-state index in [9.17, 15) is 9.18 Å². The normalized spacial score (nSPS) is 12.2. The third-order valence-electron chi connectivity index (χ3n) is 3.19. The summed E-state index contributed by atoms with van der Waals surface area (Å²) in [5, 5.41) is 3.18. The fraction of sp³-hybridized carbons (Fsp3) is 0.250. The second-order valence-corrected chi connectivity index (χ2v) is 5.56. The molecule has 0 saturated carbocycles. The van der Waals surface area contributed by atoms with Crippen molar-refractivity contribution in [2.45, 2.75) is 19.8 Å². The molecule has 0 radical (unpaired) electrons. The average molecular weight is 307 g/mol. The third kappa shape index (κ3) is 3.79. The molecule has 1 aromatic carbocycles. The molecule has 0 spiro atoms. The van der Waals surface area contributed by atoms with Gasteiger partial charge in [0.2, 0.25) is 5.91 Å². The second kappa shape index (κ2) is 6.68. The van der Waals surface area contributed by atoms with E-state index >= 15 is 0 Å². The Hall–Kier alpha value is -1.94. The molecular weight excluding hydrogens is 291 g/mol. The van der Waals surface area contributed by atoms with Gasteiger partial charge >= 0.3 is 0 Å². The molecule has 1 N–H and O–H groups in total. The Balaban J connectivity index is 2.27. The Morgan fingerprint density at radius 3 is 2.71 bits per heavy atom. The van der Waals surface area contributed by atoms with Crippen molar-refractivity contribution in [2.24, 2.45) is 5.92 Å². The standard InChI is InChI=1S/C16H16ClFN2O/c1-10(2)15(11-4-3-5-12(17)8-11)16(21)20-14-6-7-19-9-13(14)18/h3-10,15H,1-2H3,(H,19,20,21). The predicted octanol–water partition coefficient (Wildman–Crippen LogP) is 4.25. The Kier molecular flexibility index (Phi) is 4.91. The SMILES string of the molecule is CC(C)C(C(=O)Nc1ccncc1F)c1cccc(Cl)c1. The summed E-state index contributed by atoms with van der Waals surface area (Å²) in [5.41, 5.74) is 0.937. The lowest BCUT2D eigenvalue weighted by Gasteiger charge is -2.21. The summed E-state index contributed by atoms with van der Waals surface area (Å²) in [6.07, 6.45) is 2.50. The molecule has 0 saturated heterocycles. The van der Waals surface area contributed by atoms with Gasteiger partial charge in [-0.25, -0.2) is 4.39 Å². The van der Waals surface area contributed by atoms with Crippen LogP contribution in [0.1, 0.15) is 25.3 Å². The lowest BCUT2D eigenvalue weighted by molar-refractivity contribution is -0.118. The molecule has 21 heavy (non-hydrogen) atoms. The minimum absolute atomic E-state index is 0.0494. The van der Waals surface area contributed by atoms with Gasteiger partial charge < -0.3 is 5.32 Å². The van der Waals surface area contributed by atoms with Crippen LogP contribution in [0.5, 0.6) is 0 Å². The summed E-state index contributed by atoms with van der Waals surface area (Å²) < 4.78 is 13.6. The molecule has 110 valence electrons. The number of benzene rings is 1. The Morgan fingerprint density at radius 1 is 1.33 bits per heavy atom. The first-order valence-corrected chi connectivity index (χ1v) is 7.02. The van der Waals surface area contributed by atoms with E-state index in [-0.39, 0.29) is 17.5 Å². The number of aromatic nitrogens is 1. The quantitative estimate of drug-likeness (QED) is 0.917. The maximum Gasteiger partial charge on any atom is 0.232 e. The molecule has 1 aromatic heterocycles. The monoisotopic (exact) mass is 306 g/mol. The number of pyridine rings is 1. The minimum atomic E-state index is -0.556. The van der Waals surface area contributed by atoms with Crippen molar-refractivity contribution in [3.05, 3.63) is 59.1 Å². The van der Waals surface area contributed by atoms with Crippen molar-refractivity contribution in [2.75, 3.05) is 5.32 Å². The van der Waals surface area contributed by atoms with Gasteiger partial charge in [-0.05, 0) is 29.7 Å². The molecule has 5 heteroatoms. The summed E-state index contributed by atoms with van der Waals surface area (Å²) >= 11 is 5.98. The van der Waals surface area contributed by atoms with Gasteiger partial charge in [0.1, 0.15) is 0 Å². The predicted molar refractivity (Wildman–Crippen MR) is 81.9 cm³/mol.